The molecule has 26 heteroatoms. The summed E-state index contributed by atoms with van der Waals surface area (Å²) in [5.74, 6) is -3.52. The topological polar surface area (TPSA) is 356 Å². The normalized spacial score (nSPS) is 11.9. The van der Waals surface area contributed by atoms with Crippen LogP contribution in [0.4, 0.5) is 45.5 Å². The molecular formula is C28H16N8Na2O14S2. The van der Waals surface area contributed by atoms with Gasteiger partial charge < -0.3 is 29.5 Å². The third-order valence-corrected chi connectivity index (χ3v) is 8.46. The molecule has 5 rings (SSSR count). The summed E-state index contributed by atoms with van der Waals surface area (Å²) in [6.45, 7) is 0. The molecule has 54 heavy (non-hydrogen) atoms. The SMILES string of the molecule is O=[N+]([O-])c1ccc(N=Nc2c(O)ccc(N=Nc3ccc4cc(S(=O)(=O)[O-])c(N=Nc5cc(S(=O)(=O)[O-])cc([N+](=O)[O-])c5O)c(O)c4c3)c2O)cc1.[Na+].[Na+]. The van der Waals surface area contributed by atoms with Crippen LogP contribution < -0.4 is 59.1 Å². The first-order valence-corrected chi connectivity index (χ1v) is 16.4. The van der Waals surface area contributed by atoms with Crippen LogP contribution in [0.2, 0.25) is 0 Å². The van der Waals surface area contributed by atoms with E-state index in [2.05, 4.69) is 30.7 Å². The first kappa shape index (κ1) is 43.4. The molecule has 0 aromatic heterocycles. The van der Waals surface area contributed by atoms with Crippen molar-refractivity contribution in [3.8, 4) is 23.0 Å². The Kier molecular flexibility index (Phi) is 13.6. The molecule has 0 radical (unpaired) electrons. The van der Waals surface area contributed by atoms with Crippen LogP contribution in [0, 0.1) is 20.2 Å². The number of phenols is 4. The summed E-state index contributed by atoms with van der Waals surface area (Å²) < 4.78 is 70.8. The van der Waals surface area contributed by atoms with E-state index in [0.717, 1.165) is 36.4 Å². The third-order valence-electron chi connectivity index (χ3n) is 6.80. The van der Waals surface area contributed by atoms with Crippen molar-refractivity contribution in [1.29, 1.82) is 0 Å². The molecule has 0 atom stereocenters. The summed E-state index contributed by atoms with van der Waals surface area (Å²) in [5.41, 5.74) is -4.16. The van der Waals surface area contributed by atoms with Crippen LogP contribution in [0.5, 0.6) is 23.0 Å². The van der Waals surface area contributed by atoms with E-state index in [0.29, 0.717) is 6.07 Å². The van der Waals surface area contributed by atoms with Crippen molar-refractivity contribution < 1.29 is 115 Å². The zero-order valence-electron chi connectivity index (χ0n) is 27.2. The predicted octanol–water partition coefficient (Wildman–Crippen LogP) is 0.541. The molecule has 22 nitrogen and oxygen atoms in total. The van der Waals surface area contributed by atoms with E-state index in [1.807, 2.05) is 0 Å². The van der Waals surface area contributed by atoms with Crippen LogP contribution in [0.15, 0.2) is 113 Å². The summed E-state index contributed by atoms with van der Waals surface area (Å²) in [4.78, 5) is 17.9. The van der Waals surface area contributed by atoms with E-state index < -0.39 is 85.6 Å². The molecule has 0 saturated carbocycles. The van der Waals surface area contributed by atoms with Crippen LogP contribution in [-0.2, 0) is 20.2 Å². The minimum absolute atomic E-state index is 0. The Bertz CT molecular complexity index is 2640. The Morgan fingerprint density at radius 2 is 1.15 bits per heavy atom. The van der Waals surface area contributed by atoms with Crippen LogP contribution in [-0.4, -0.2) is 56.2 Å². The van der Waals surface area contributed by atoms with E-state index in [4.69, 9.17) is 0 Å². The number of nitro groups is 2. The molecule has 0 unspecified atom stereocenters. The number of fused-ring (bicyclic) bond motifs is 1. The Labute approximate surface area is 345 Å². The fraction of sp³-hybridized carbons (Fsp3) is 0. The first-order chi connectivity index (χ1) is 24.3. The smallest absolute Gasteiger partial charge is 0.744 e. The van der Waals surface area contributed by atoms with Gasteiger partial charge in [-0.3, -0.25) is 20.2 Å². The van der Waals surface area contributed by atoms with Crippen LogP contribution >= 0.6 is 0 Å². The van der Waals surface area contributed by atoms with Crippen molar-refractivity contribution >= 4 is 76.5 Å². The van der Waals surface area contributed by atoms with Crippen molar-refractivity contribution in [2.45, 2.75) is 9.79 Å². The maximum Gasteiger partial charge on any atom is 1.00 e. The monoisotopic (exact) mass is 798 g/mol. The van der Waals surface area contributed by atoms with Gasteiger partial charge >= 0.3 is 64.8 Å². The summed E-state index contributed by atoms with van der Waals surface area (Å²) in [5, 5.41) is 86.2. The van der Waals surface area contributed by atoms with Gasteiger partial charge in [-0.1, -0.05) is 6.07 Å². The Morgan fingerprint density at radius 1 is 0.556 bits per heavy atom. The third kappa shape index (κ3) is 9.55. The molecule has 4 N–H and O–H groups in total. The molecular weight excluding hydrogens is 782 g/mol. The summed E-state index contributed by atoms with van der Waals surface area (Å²) >= 11 is 0. The standard InChI is InChI=1S/C28H18N8O14S2.2Na/c37-22-8-7-19(28(40)24(22)33-29-14-3-5-16(6-4-14)35(41)42)31-30-15-2-1-13-9-23(52(48,49)50)25(26(38)18(13)10-15)34-32-20-11-17(51(45,46)47)12-21(27(20)39)36(43)44;;/h1-12,37-40H,(H,45,46,47)(H,48,49,50);;/q;2*+1/p-2. The maximum atomic E-state index is 12.1. The second-order valence-electron chi connectivity index (χ2n) is 10.1. The molecule has 5 aromatic carbocycles. The molecule has 0 fully saturated rings. The number of azo groups is 3. The van der Waals surface area contributed by atoms with Gasteiger partial charge in [0.1, 0.15) is 43.0 Å². The fourth-order valence-electron chi connectivity index (χ4n) is 4.32. The van der Waals surface area contributed by atoms with Crippen LogP contribution in [0.1, 0.15) is 0 Å². The van der Waals surface area contributed by atoms with Gasteiger partial charge in [0, 0.05) is 23.6 Å². The molecule has 0 spiro atoms. The van der Waals surface area contributed by atoms with Gasteiger partial charge in [-0.05, 0) is 53.9 Å². The molecule has 0 aliphatic rings. The quantitative estimate of drug-likeness (QED) is 0.0493. The molecule has 0 aliphatic heterocycles. The summed E-state index contributed by atoms with van der Waals surface area (Å²) in [7, 11) is -10.8. The van der Waals surface area contributed by atoms with Crippen LogP contribution in [0.25, 0.3) is 10.8 Å². The average Bonchev–Trinajstić information content (AvgIpc) is 3.07. The van der Waals surface area contributed by atoms with Gasteiger partial charge in [-0.2, -0.15) is 10.2 Å². The minimum atomic E-state index is -5.43. The second kappa shape index (κ2) is 17.0. The number of nitro benzene ring substituents is 2. The zero-order valence-corrected chi connectivity index (χ0v) is 32.8. The molecule has 266 valence electrons. The Hall–Kier alpha value is -5.02. The molecule has 0 saturated heterocycles. The van der Waals surface area contributed by atoms with Crippen molar-refractivity contribution in [2.75, 3.05) is 0 Å². The maximum absolute atomic E-state index is 12.1. The van der Waals surface area contributed by atoms with Crippen molar-refractivity contribution in [1.82, 2.24) is 0 Å². The molecule has 5 aromatic rings. The predicted molar refractivity (Wildman–Crippen MR) is 172 cm³/mol. The summed E-state index contributed by atoms with van der Waals surface area (Å²) in [6, 6.07) is 12.1. The van der Waals surface area contributed by atoms with E-state index in [1.165, 1.54) is 24.3 Å². The summed E-state index contributed by atoms with van der Waals surface area (Å²) in [6.07, 6.45) is 0. The largest absolute Gasteiger partial charge is 1.00 e. The minimum Gasteiger partial charge on any atom is -0.744 e. The van der Waals surface area contributed by atoms with Gasteiger partial charge in [0.2, 0.25) is 5.75 Å². The van der Waals surface area contributed by atoms with Crippen molar-refractivity contribution in [3.63, 3.8) is 0 Å². The average molecular weight is 799 g/mol. The number of hydrogen-bond donors (Lipinski definition) is 4. The van der Waals surface area contributed by atoms with Gasteiger partial charge in [0.15, 0.2) is 17.2 Å². The molecule has 0 amide bonds. The molecule has 0 aliphatic carbocycles. The zero-order chi connectivity index (χ0) is 38.1. The van der Waals surface area contributed by atoms with E-state index >= 15 is 0 Å². The van der Waals surface area contributed by atoms with Gasteiger partial charge in [0.05, 0.1) is 31.0 Å². The first-order valence-electron chi connectivity index (χ1n) is 13.6. The number of phenolic OH excluding ortho intramolecular Hbond substituents is 4. The Balaban J connectivity index is 0.00000392. The molecule has 0 heterocycles. The van der Waals surface area contributed by atoms with Crippen molar-refractivity contribution in [2.24, 2.45) is 30.7 Å². The van der Waals surface area contributed by atoms with E-state index in [9.17, 15) is 66.6 Å². The fourth-order valence-corrected chi connectivity index (χ4v) is 5.48. The van der Waals surface area contributed by atoms with Gasteiger partial charge in [-0.15, -0.1) is 20.5 Å². The van der Waals surface area contributed by atoms with Crippen molar-refractivity contribution in [3.05, 3.63) is 93.0 Å². The van der Waals surface area contributed by atoms with E-state index in [-0.39, 0.29) is 98.7 Å². The van der Waals surface area contributed by atoms with Gasteiger partial charge in [-0.25, -0.2) is 16.8 Å². The number of benzene rings is 5. The van der Waals surface area contributed by atoms with Gasteiger partial charge in [0.25, 0.3) is 5.69 Å². The number of hydrogen-bond acceptors (Lipinski definition) is 20. The number of aromatic hydroxyl groups is 4. The molecule has 0 bridgehead atoms. The van der Waals surface area contributed by atoms with Crippen LogP contribution in [0.3, 0.4) is 0 Å². The Morgan fingerprint density at radius 3 is 1.74 bits per heavy atom. The number of non-ortho nitro benzene ring substituents is 1. The number of nitrogens with zero attached hydrogens (tertiary/aromatic N) is 8. The van der Waals surface area contributed by atoms with E-state index in [1.54, 1.807) is 0 Å². The second-order valence-corrected chi connectivity index (χ2v) is 12.9. The number of rotatable bonds is 10.